The summed E-state index contributed by atoms with van der Waals surface area (Å²) in [6.45, 7) is -0.338. The molecule has 0 unspecified atom stereocenters. The molecule has 1 aromatic carbocycles. The van der Waals surface area contributed by atoms with Gasteiger partial charge in [-0.2, -0.15) is 0 Å². The summed E-state index contributed by atoms with van der Waals surface area (Å²) in [7, 11) is 1.44. The molecule has 0 aromatic heterocycles. The highest BCUT2D eigenvalue weighted by atomic mass is 79.9. The number of carbonyl (C=O) groups is 2. The zero-order valence-electron chi connectivity index (χ0n) is 8.71. The molecule has 7 heteroatoms. The third kappa shape index (κ3) is 3.79. The number of halogens is 3. The highest BCUT2D eigenvalue weighted by molar-refractivity contribution is 9.13. The van der Waals surface area contributed by atoms with E-state index in [2.05, 4.69) is 47.8 Å². The first-order valence-electron chi connectivity index (χ1n) is 4.44. The van der Waals surface area contributed by atoms with Gasteiger partial charge in [0.2, 0.25) is 0 Å². The van der Waals surface area contributed by atoms with Gasteiger partial charge in [0.25, 0.3) is 5.91 Å². The van der Waals surface area contributed by atoms with Gasteiger partial charge in [0, 0.05) is 20.5 Å². The Hall–Kier alpha value is -0.400. The Morgan fingerprint density at radius 3 is 2.41 bits per heavy atom. The molecule has 0 aliphatic heterocycles. The molecule has 0 heterocycles. The summed E-state index contributed by atoms with van der Waals surface area (Å²) in [5, 5.41) is 8.63. The molecule has 0 saturated carbocycles. The van der Waals surface area contributed by atoms with Crippen LogP contribution in [-0.4, -0.2) is 35.5 Å². The number of carbonyl (C=O) groups excluding carboxylic acids is 1. The van der Waals surface area contributed by atoms with Crippen molar-refractivity contribution in [2.75, 3.05) is 13.6 Å². The number of hydrogen-bond donors (Lipinski definition) is 1. The van der Waals surface area contributed by atoms with Crippen LogP contribution in [0.1, 0.15) is 10.4 Å². The van der Waals surface area contributed by atoms with Crippen LogP contribution in [0.15, 0.2) is 25.6 Å². The van der Waals surface area contributed by atoms with Crippen molar-refractivity contribution in [1.82, 2.24) is 4.90 Å². The monoisotopic (exact) mass is 427 g/mol. The normalized spacial score (nSPS) is 10.1. The lowest BCUT2D eigenvalue weighted by Crippen LogP contribution is -2.32. The second-order valence-corrected chi connectivity index (χ2v) is 5.87. The first kappa shape index (κ1) is 14.7. The molecule has 0 spiro atoms. The van der Waals surface area contributed by atoms with Gasteiger partial charge in [-0.25, -0.2) is 0 Å². The molecule has 0 aliphatic rings. The van der Waals surface area contributed by atoms with Crippen molar-refractivity contribution in [1.29, 1.82) is 0 Å². The predicted octanol–water partition coefficient (Wildman–Crippen LogP) is 3.13. The van der Waals surface area contributed by atoms with Gasteiger partial charge in [0.1, 0.15) is 6.54 Å². The van der Waals surface area contributed by atoms with Gasteiger partial charge < -0.3 is 10.0 Å². The van der Waals surface area contributed by atoms with Crippen LogP contribution in [0.5, 0.6) is 0 Å². The van der Waals surface area contributed by atoms with E-state index in [9.17, 15) is 9.59 Å². The average molecular weight is 430 g/mol. The summed E-state index contributed by atoms with van der Waals surface area (Å²) >= 11 is 9.87. The quantitative estimate of drug-likeness (QED) is 0.751. The van der Waals surface area contributed by atoms with Gasteiger partial charge in [-0.3, -0.25) is 9.59 Å². The highest BCUT2D eigenvalue weighted by Crippen LogP contribution is 2.31. The molecule has 1 amide bonds. The Morgan fingerprint density at radius 1 is 1.29 bits per heavy atom. The minimum atomic E-state index is -1.05. The van der Waals surface area contributed by atoms with Crippen LogP contribution in [0.4, 0.5) is 0 Å². The molecule has 4 nitrogen and oxygen atoms in total. The summed E-state index contributed by atoms with van der Waals surface area (Å²) in [4.78, 5) is 23.7. The van der Waals surface area contributed by atoms with Gasteiger partial charge in [0.05, 0.1) is 5.56 Å². The van der Waals surface area contributed by atoms with Gasteiger partial charge >= 0.3 is 5.97 Å². The van der Waals surface area contributed by atoms with Crippen molar-refractivity contribution < 1.29 is 14.7 Å². The average Bonchev–Trinajstić information content (AvgIpc) is 2.21. The number of hydrogen-bond acceptors (Lipinski definition) is 2. The molecule has 0 radical (unpaired) electrons. The maximum atomic E-state index is 12.0. The lowest BCUT2D eigenvalue weighted by molar-refractivity contribution is -0.137. The smallest absolute Gasteiger partial charge is 0.323 e. The van der Waals surface area contributed by atoms with Crippen molar-refractivity contribution in [2.45, 2.75) is 0 Å². The van der Waals surface area contributed by atoms with Crippen molar-refractivity contribution in [3.63, 3.8) is 0 Å². The minimum Gasteiger partial charge on any atom is -0.480 e. The number of carboxylic acid groups (broad SMARTS) is 1. The van der Waals surface area contributed by atoms with E-state index in [4.69, 9.17) is 5.11 Å². The van der Waals surface area contributed by atoms with E-state index >= 15 is 0 Å². The Labute approximate surface area is 123 Å². The third-order valence-corrected chi connectivity index (χ3v) is 4.41. The minimum absolute atomic E-state index is 0.338. The number of rotatable bonds is 3. The van der Waals surface area contributed by atoms with Crippen molar-refractivity contribution in [3.8, 4) is 0 Å². The molecule has 0 bridgehead atoms. The molecule has 0 atom stereocenters. The largest absolute Gasteiger partial charge is 0.480 e. The standard InChI is InChI=1S/C10H8Br3NO3/c1-14(4-8(15)16)10(17)6-2-5(11)3-7(12)9(6)13/h2-3H,4H2,1H3,(H,15,16). The van der Waals surface area contributed by atoms with E-state index < -0.39 is 5.97 Å². The summed E-state index contributed by atoms with van der Waals surface area (Å²) in [5.74, 6) is -1.41. The fourth-order valence-electron chi connectivity index (χ4n) is 1.19. The zero-order chi connectivity index (χ0) is 13.2. The fourth-order valence-corrected chi connectivity index (χ4v) is 2.82. The maximum Gasteiger partial charge on any atom is 0.323 e. The summed E-state index contributed by atoms with van der Waals surface area (Å²) in [6.07, 6.45) is 0. The topological polar surface area (TPSA) is 57.6 Å². The molecular weight excluding hydrogens is 422 g/mol. The van der Waals surface area contributed by atoms with Gasteiger partial charge in [0.15, 0.2) is 0 Å². The molecule has 1 aromatic rings. The Morgan fingerprint density at radius 2 is 1.88 bits per heavy atom. The Kier molecular flexibility index (Phi) is 5.15. The van der Waals surface area contributed by atoms with Crippen LogP contribution >= 0.6 is 47.8 Å². The molecule has 17 heavy (non-hydrogen) atoms. The second kappa shape index (κ2) is 5.97. The zero-order valence-corrected chi connectivity index (χ0v) is 13.5. The summed E-state index contributed by atoms with van der Waals surface area (Å²) in [5.41, 5.74) is 0.398. The number of amides is 1. The van der Waals surface area contributed by atoms with Crippen molar-refractivity contribution in [2.24, 2.45) is 0 Å². The van der Waals surface area contributed by atoms with Gasteiger partial charge in [-0.05, 0) is 44.0 Å². The van der Waals surface area contributed by atoms with Crippen LogP contribution in [0.3, 0.4) is 0 Å². The Balaban J connectivity index is 3.08. The highest BCUT2D eigenvalue weighted by Gasteiger charge is 2.19. The van der Waals surface area contributed by atoms with Gasteiger partial charge in [-0.15, -0.1) is 0 Å². The van der Waals surface area contributed by atoms with Crippen LogP contribution in [0.25, 0.3) is 0 Å². The van der Waals surface area contributed by atoms with Crippen LogP contribution in [0, 0.1) is 0 Å². The first-order chi connectivity index (χ1) is 7.82. The lowest BCUT2D eigenvalue weighted by atomic mass is 10.2. The third-order valence-electron chi connectivity index (χ3n) is 1.94. The van der Waals surface area contributed by atoms with Crippen LogP contribution in [0.2, 0.25) is 0 Å². The van der Waals surface area contributed by atoms with E-state index in [0.717, 1.165) is 13.8 Å². The van der Waals surface area contributed by atoms with Crippen LogP contribution < -0.4 is 0 Å². The molecule has 1 N–H and O–H groups in total. The summed E-state index contributed by atoms with van der Waals surface area (Å²) < 4.78 is 2.06. The lowest BCUT2D eigenvalue weighted by Gasteiger charge is -2.16. The van der Waals surface area contributed by atoms with Gasteiger partial charge in [-0.1, -0.05) is 15.9 Å². The number of benzene rings is 1. The number of likely N-dealkylation sites (N-methyl/N-ethyl adjacent to an activating group) is 1. The predicted molar refractivity (Wildman–Crippen MR) is 74.1 cm³/mol. The van der Waals surface area contributed by atoms with E-state index in [1.807, 2.05) is 0 Å². The fraction of sp³-hybridized carbons (Fsp3) is 0.200. The number of nitrogens with zero attached hydrogens (tertiary/aromatic N) is 1. The van der Waals surface area contributed by atoms with E-state index in [1.165, 1.54) is 7.05 Å². The molecule has 1 rings (SSSR count). The molecule has 0 aliphatic carbocycles. The maximum absolute atomic E-state index is 12.0. The van der Waals surface area contributed by atoms with Crippen molar-refractivity contribution >= 4 is 59.7 Å². The van der Waals surface area contributed by atoms with E-state index in [0.29, 0.717) is 10.0 Å². The molecule has 0 saturated heterocycles. The molecular formula is C10H8Br3NO3. The SMILES string of the molecule is CN(CC(=O)O)C(=O)c1cc(Br)cc(Br)c1Br. The Bertz CT molecular complexity index is 476. The van der Waals surface area contributed by atoms with Crippen molar-refractivity contribution in [3.05, 3.63) is 31.1 Å². The van der Waals surface area contributed by atoms with E-state index in [-0.39, 0.29) is 12.5 Å². The summed E-state index contributed by atoms with van der Waals surface area (Å²) in [6, 6.07) is 3.42. The number of aliphatic carboxylic acids is 1. The van der Waals surface area contributed by atoms with E-state index in [1.54, 1.807) is 12.1 Å². The molecule has 0 fully saturated rings. The number of carboxylic acids is 1. The van der Waals surface area contributed by atoms with Crippen LogP contribution in [-0.2, 0) is 4.79 Å². The second-order valence-electron chi connectivity index (χ2n) is 3.30. The first-order valence-corrected chi connectivity index (χ1v) is 6.82. The molecule has 92 valence electrons.